The van der Waals surface area contributed by atoms with Crippen LogP contribution < -0.4 is 10.6 Å². The molecule has 1 aliphatic heterocycles. The van der Waals surface area contributed by atoms with E-state index in [0.29, 0.717) is 23.4 Å². The second-order valence-corrected chi connectivity index (χ2v) is 5.30. The molecule has 7 nitrogen and oxygen atoms in total. The minimum absolute atomic E-state index is 0.0215. The number of anilines is 1. The number of non-ortho nitro benzene ring substituents is 1. The molecule has 20 heavy (non-hydrogen) atoms. The van der Waals surface area contributed by atoms with Gasteiger partial charge >= 0.3 is 0 Å². The van der Waals surface area contributed by atoms with Gasteiger partial charge in [0.2, 0.25) is 5.91 Å². The fourth-order valence-electron chi connectivity index (χ4n) is 2.04. The van der Waals surface area contributed by atoms with E-state index in [9.17, 15) is 14.9 Å². The largest absolute Gasteiger partial charge is 0.379 e. The summed E-state index contributed by atoms with van der Waals surface area (Å²) < 4.78 is 5.75. The van der Waals surface area contributed by atoms with Crippen molar-refractivity contribution < 1.29 is 14.5 Å². The third-order valence-electron chi connectivity index (χ3n) is 3.21. The van der Waals surface area contributed by atoms with Crippen molar-refractivity contribution in [2.75, 3.05) is 25.6 Å². The highest BCUT2D eigenvalue weighted by Crippen LogP contribution is 2.28. The van der Waals surface area contributed by atoms with Gasteiger partial charge in [-0.2, -0.15) is 0 Å². The first-order valence-corrected chi connectivity index (χ1v) is 6.82. The molecule has 8 heteroatoms. The Morgan fingerprint density at radius 1 is 1.50 bits per heavy atom. The molecule has 1 aromatic rings. The quantitative estimate of drug-likeness (QED) is 0.638. The number of amides is 1. The van der Waals surface area contributed by atoms with E-state index in [0.717, 1.165) is 0 Å². The number of carbonyl (C=O) groups excluding carboxylic acids is 1. The van der Waals surface area contributed by atoms with Gasteiger partial charge in [0.1, 0.15) is 0 Å². The molecule has 2 unspecified atom stereocenters. The molecule has 0 spiro atoms. The first-order chi connectivity index (χ1) is 9.52. The van der Waals surface area contributed by atoms with Gasteiger partial charge in [-0.3, -0.25) is 14.9 Å². The van der Waals surface area contributed by atoms with Crippen molar-refractivity contribution in [3.8, 4) is 0 Å². The Kier molecular flexibility index (Phi) is 4.69. The second kappa shape index (κ2) is 6.29. The minimum atomic E-state index is -0.488. The second-order valence-electron chi connectivity index (χ2n) is 4.45. The number of benzene rings is 1. The van der Waals surface area contributed by atoms with Crippen LogP contribution in [0.1, 0.15) is 0 Å². The van der Waals surface area contributed by atoms with Crippen LogP contribution in [0.15, 0.2) is 22.7 Å². The van der Waals surface area contributed by atoms with Crippen LogP contribution in [0, 0.1) is 16.0 Å². The van der Waals surface area contributed by atoms with Crippen LogP contribution in [0.3, 0.4) is 0 Å². The van der Waals surface area contributed by atoms with Crippen LogP contribution in [0.5, 0.6) is 0 Å². The summed E-state index contributed by atoms with van der Waals surface area (Å²) in [4.78, 5) is 22.3. The number of ether oxygens (including phenoxy) is 1. The van der Waals surface area contributed by atoms with Crippen molar-refractivity contribution in [3.05, 3.63) is 32.8 Å². The summed E-state index contributed by atoms with van der Waals surface area (Å²) in [5.74, 6) is -0.446. The molecule has 0 radical (unpaired) electrons. The topological polar surface area (TPSA) is 93.5 Å². The summed E-state index contributed by atoms with van der Waals surface area (Å²) in [6, 6.07) is 4.19. The van der Waals surface area contributed by atoms with Crippen molar-refractivity contribution in [3.63, 3.8) is 0 Å². The lowest BCUT2D eigenvalue weighted by Crippen LogP contribution is -2.39. The lowest BCUT2D eigenvalue weighted by atomic mass is 10.0. The number of nitrogens with zero attached hydrogens (tertiary/aromatic N) is 1. The summed E-state index contributed by atoms with van der Waals surface area (Å²) in [6.07, 6.45) is 0. The zero-order valence-corrected chi connectivity index (χ0v) is 12.3. The first-order valence-electron chi connectivity index (χ1n) is 6.02. The average molecular weight is 344 g/mol. The van der Waals surface area contributed by atoms with Crippen molar-refractivity contribution in [1.29, 1.82) is 0 Å². The van der Waals surface area contributed by atoms with Crippen LogP contribution in [-0.4, -0.2) is 37.1 Å². The first kappa shape index (κ1) is 14.9. The summed E-state index contributed by atoms with van der Waals surface area (Å²) in [5, 5.41) is 16.4. The highest BCUT2D eigenvalue weighted by atomic mass is 79.9. The van der Waals surface area contributed by atoms with Crippen molar-refractivity contribution in [2.24, 2.45) is 5.92 Å². The van der Waals surface area contributed by atoms with E-state index >= 15 is 0 Å². The van der Waals surface area contributed by atoms with Crippen LogP contribution >= 0.6 is 15.9 Å². The van der Waals surface area contributed by atoms with Crippen molar-refractivity contribution in [1.82, 2.24) is 5.32 Å². The van der Waals surface area contributed by atoms with E-state index in [1.54, 1.807) is 7.05 Å². The molecule has 0 bridgehead atoms. The van der Waals surface area contributed by atoms with Crippen LogP contribution in [0.25, 0.3) is 0 Å². The number of carbonyl (C=O) groups is 1. The third kappa shape index (κ3) is 3.14. The van der Waals surface area contributed by atoms with Crippen LogP contribution in [0.4, 0.5) is 11.4 Å². The SMILES string of the molecule is CNC1COCC1C(=O)Nc1ccc([N+](=O)[O-])cc1Br. The molecule has 0 saturated carbocycles. The van der Waals surface area contributed by atoms with Crippen molar-refractivity contribution in [2.45, 2.75) is 6.04 Å². The highest BCUT2D eigenvalue weighted by molar-refractivity contribution is 9.10. The molecular weight excluding hydrogens is 330 g/mol. The van der Waals surface area contributed by atoms with E-state index in [1.165, 1.54) is 18.2 Å². The molecule has 1 amide bonds. The Labute approximate surface area is 124 Å². The van der Waals surface area contributed by atoms with Gasteiger partial charge in [0.05, 0.1) is 29.7 Å². The molecule has 1 saturated heterocycles. The van der Waals surface area contributed by atoms with Gasteiger partial charge in [0, 0.05) is 22.6 Å². The lowest BCUT2D eigenvalue weighted by Gasteiger charge is -2.16. The van der Waals surface area contributed by atoms with E-state index in [1.807, 2.05) is 0 Å². The number of nitrogens with one attached hydrogen (secondary N) is 2. The molecule has 1 heterocycles. The molecule has 0 aliphatic carbocycles. The number of nitro groups is 1. The monoisotopic (exact) mass is 343 g/mol. The number of halogens is 1. The average Bonchev–Trinajstić information content (AvgIpc) is 2.89. The number of nitro benzene ring substituents is 1. The molecule has 2 rings (SSSR count). The highest BCUT2D eigenvalue weighted by Gasteiger charge is 2.33. The van der Waals surface area contributed by atoms with Gasteiger partial charge in [0.15, 0.2) is 0 Å². The number of likely N-dealkylation sites (N-methyl/N-ethyl adjacent to an activating group) is 1. The van der Waals surface area contributed by atoms with Crippen LogP contribution in [-0.2, 0) is 9.53 Å². The smallest absolute Gasteiger partial charge is 0.270 e. The number of hydrogen-bond acceptors (Lipinski definition) is 5. The predicted molar refractivity (Wildman–Crippen MR) is 76.6 cm³/mol. The molecule has 2 N–H and O–H groups in total. The Bertz CT molecular complexity index is 537. The van der Waals surface area contributed by atoms with E-state index in [-0.39, 0.29) is 23.6 Å². The maximum absolute atomic E-state index is 12.2. The van der Waals surface area contributed by atoms with E-state index < -0.39 is 4.92 Å². The normalized spacial score (nSPS) is 21.7. The van der Waals surface area contributed by atoms with Gasteiger partial charge in [0.25, 0.3) is 5.69 Å². The van der Waals surface area contributed by atoms with E-state index in [2.05, 4.69) is 26.6 Å². The predicted octanol–water partition coefficient (Wildman–Crippen LogP) is 1.53. The molecule has 108 valence electrons. The van der Waals surface area contributed by atoms with Gasteiger partial charge in [-0.1, -0.05) is 0 Å². The third-order valence-corrected chi connectivity index (χ3v) is 3.87. The van der Waals surface area contributed by atoms with Gasteiger partial charge in [-0.05, 0) is 29.0 Å². The maximum atomic E-state index is 12.2. The van der Waals surface area contributed by atoms with Gasteiger partial charge < -0.3 is 15.4 Å². The Morgan fingerprint density at radius 3 is 2.85 bits per heavy atom. The fourth-order valence-corrected chi connectivity index (χ4v) is 2.51. The molecule has 1 fully saturated rings. The number of hydrogen-bond donors (Lipinski definition) is 2. The number of rotatable bonds is 4. The molecule has 0 aromatic heterocycles. The summed E-state index contributed by atoms with van der Waals surface area (Å²) in [5.41, 5.74) is 0.467. The minimum Gasteiger partial charge on any atom is -0.379 e. The van der Waals surface area contributed by atoms with E-state index in [4.69, 9.17) is 4.74 Å². The summed E-state index contributed by atoms with van der Waals surface area (Å²) in [7, 11) is 1.78. The Balaban J connectivity index is 2.10. The van der Waals surface area contributed by atoms with Gasteiger partial charge in [-0.25, -0.2) is 0 Å². The zero-order valence-electron chi connectivity index (χ0n) is 10.8. The molecule has 2 atom stereocenters. The standard InChI is InChI=1S/C12H14BrN3O4/c1-14-11-6-20-5-8(11)12(17)15-10-3-2-7(16(18)19)4-9(10)13/h2-4,8,11,14H,5-6H2,1H3,(H,15,17). The summed E-state index contributed by atoms with van der Waals surface area (Å²) >= 11 is 3.22. The van der Waals surface area contributed by atoms with Crippen molar-refractivity contribution >= 4 is 33.2 Å². The molecule has 1 aromatic carbocycles. The van der Waals surface area contributed by atoms with Gasteiger partial charge in [-0.15, -0.1) is 0 Å². The molecular formula is C12H14BrN3O4. The van der Waals surface area contributed by atoms with Crippen LogP contribution in [0.2, 0.25) is 0 Å². The lowest BCUT2D eigenvalue weighted by molar-refractivity contribution is -0.384. The maximum Gasteiger partial charge on any atom is 0.270 e. The Morgan fingerprint density at radius 2 is 2.25 bits per heavy atom. The summed E-state index contributed by atoms with van der Waals surface area (Å²) in [6.45, 7) is 0.859. The zero-order chi connectivity index (χ0) is 14.7. The molecule has 1 aliphatic rings. The fraction of sp³-hybridized carbons (Fsp3) is 0.417. The Hall–Kier alpha value is -1.51.